The lowest BCUT2D eigenvalue weighted by molar-refractivity contribution is 0.0791. The number of methoxy groups -OCH3 is 1. The number of ether oxygens (including phenoxy) is 1. The summed E-state index contributed by atoms with van der Waals surface area (Å²) in [4.78, 5) is 14.2. The summed E-state index contributed by atoms with van der Waals surface area (Å²) in [5.74, 6) is 0.533. The lowest BCUT2D eigenvalue weighted by atomic mass is 9.99. The van der Waals surface area contributed by atoms with Gasteiger partial charge in [-0.15, -0.1) is 0 Å². The average molecular weight is 371 g/mol. The molecule has 2 atom stereocenters. The van der Waals surface area contributed by atoms with E-state index >= 15 is 0 Å². The average Bonchev–Trinajstić information content (AvgIpc) is 3.16. The fourth-order valence-electron chi connectivity index (χ4n) is 3.38. The van der Waals surface area contributed by atoms with Crippen molar-refractivity contribution >= 4 is 5.91 Å². The van der Waals surface area contributed by atoms with Crippen LogP contribution in [0.15, 0.2) is 48.5 Å². The molecule has 1 aliphatic rings. The van der Waals surface area contributed by atoms with E-state index in [2.05, 4.69) is 10.9 Å². The first-order chi connectivity index (χ1) is 13.1. The van der Waals surface area contributed by atoms with Gasteiger partial charge in [-0.2, -0.15) is 0 Å². The number of hydrazine groups is 1. The molecule has 0 bridgehead atoms. The van der Waals surface area contributed by atoms with Crippen LogP contribution in [0.4, 0.5) is 4.39 Å². The third-order valence-corrected chi connectivity index (χ3v) is 4.96. The maximum atomic E-state index is 13.4. The minimum Gasteiger partial charge on any atom is -0.497 e. The standard InChI is InChI=1S/C21H26FN3O2/c1-25(21(26)15-8-10-19(27-2)11-9-15)12-4-7-18-14-20(24-23-18)16-5-3-6-17(22)13-16/h3,5-6,8-11,13,18,20,23-24H,4,7,12,14H2,1-2H3. The molecule has 144 valence electrons. The number of benzene rings is 2. The molecule has 1 fully saturated rings. The highest BCUT2D eigenvalue weighted by Gasteiger charge is 2.25. The Balaban J connectivity index is 1.43. The zero-order chi connectivity index (χ0) is 19.2. The van der Waals surface area contributed by atoms with E-state index in [0.717, 1.165) is 30.6 Å². The molecule has 0 spiro atoms. The second kappa shape index (κ2) is 8.97. The predicted molar refractivity (Wildman–Crippen MR) is 103 cm³/mol. The molecule has 1 heterocycles. The van der Waals surface area contributed by atoms with Crippen molar-refractivity contribution in [1.82, 2.24) is 15.8 Å². The summed E-state index contributed by atoms with van der Waals surface area (Å²) in [7, 11) is 3.43. The largest absolute Gasteiger partial charge is 0.497 e. The highest BCUT2D eigenvalue weighted by molar-refractivity contribution is 5.94. The van der Waals surface area contributed by atoms with Crippen LogP contribution in [0, 0.1) is 5.82 Å². The molecule has 0 aromatic heterocycles. The van der Waals surface area contributed by atoms with Crippen molar-refractivity contribution in [3.05, 3.63) is 65.5 Å². The van der Waals surface area contributed by atoms with Crippen LogP contribution in [-0.2, 0) is 0 Å². The van der Waals surface area contributed by atoms with E-state index in [4.69, 9.17) is 4.74 Å². The summed E-state index contributed by atoms with van der Waals surface area (Å²) in [6.07, 6.45) is 2.74. The minimum atomic E-state index is -0.212. The van der Waals surface area contributed by atoms with E-state index in [1.807, 2.05) is 13.1 Å². The Morgan fingerprint density at radius 2 is 2.00 bits per heavy atom. The molecule has 1 aliphatic heterocycles. The second-order valence-corrected chi connectivity index (χ2v) is 6.93. The Labute approximate surface area is 159 Å². The van der Waals surface area contributed by atoms with E-state index in [1.165, 1.54) is 6.07 Å². The monoisotopic (exact) mass is 371 g/mol. The zero-order valence-corrected chi connectivity index (χ0v) is 15.7. The number of hydrogen-bond donors (Lipinski definition) is 2. The van der Waals surface area contributed by atoms with Crippen molar-refractivity contribution in [2.45, 2.75) is 31.3 Å². The van der Waals surface area contributed by atoms with Gasteiger partial charge >= 0.3 is 0 Å². The summed E-state index contributed by atoms with van der Waals surface area (Å²) in [6.45, 7) is 0.688. The number of hydrogen-bond acceptors (Lipinski definition) is 4. The van der Waals surface area contributed by atoms with Crippen LogP contribution in [0.1, 0.15) is 41.2 Å². The van der Waals surface area contributed by atoms with Crippen LogP contribution in [0.2, 0.25) is 0 Å². The quantitative estimate of drug-likeness (QED) is 0.784. The van der Waals surface area contributed by atoms with E-state index in [0.29, 0.717) is 18.2 Å². The van der Waals surface area contributed by atoms with Gasteiger partial charge in [0.25, 0.3) is 5.91 Å². The summed E-state index contributed by atoms with van der Waals surface area (Å²) in [5, 5.41) is 0. The molecule has 6 heteroatoms. The molecule has 1 amide bonds. The molecule has 0 saturated carbocycles. The lowest BCUT2D eigenvalue weighted by Crippen LogP contribution is -2.32. The molecular formula is C21H26FN3O2. The lowest BCUT2D eigenvalue weighted by Gasteiger charge is -2.18. The fraction of sp³-hybridized carbons (Fsp3) is 0.381. The number of nitrogens with one attached hydrogen (secondary N) is 2. The SMILES string of the molecule is COc1ccc(C(=O)N(C)CCCC2CC(c3cccc(F)c3)NN2)cc1. The molecule has 2 N–H and O–H groups in total. The van der Waals surface area contributed by atoms with E-state index < -0.39 is 0 Å². The van der Waals surface area contributed by atoms with E-state index in [-0.39, 0.29) is 17.8 Å². The molecule has 2 aromatic rings. The van der Waals surface area contributed by atoms with E-state index in [1.54, 1.807) is 48.4 Å². The second-order valence-electron chi connectivity index (χ2n) is 6.93. The minimum absolute atomic E-state index is 0.00722. The molecule has 3 rings (SSSR count). The molecule has 5 nitrogen and oxygen atoms in total. The molecule has 0 radical (unpaired) electrons. The third kappa shape index (κ3) is 5.05. The molecule has 2 unspecified atom stereocenters. The first kappa shape index (κ1) is 19.3. The van der Waals surface area contributed by atoms with Gasteiger partial charge < -0.3 is 9.64 Å². The highest BCUT2D eigenvalue weighted by Crippen LogP contribution is 2.24. The summed E-state index contributed by atoms with van der Waals surface area (Å²) >= 11 is 0. The van der Waals surface area contributed by atoms with Gasteiger partial charge in [0.05, 0.1) is 7.11 Å². The van der Waals surface area contributed by atoms with Crippen LogP contribution in [-0.4, -0.2) is 37.6 Å². The first-order valence-corrected chi connectivity index (χ1v) is 9.23. The number of amides is 1. The van der Waals surface area contributed by atoms with Crippen molar-refractivity contribution in [1.29, 1.82) is 0 Å². The zero-order valence-electron chi connectivity index (χ0n) is 15.7. The molecule has 1 saturated heterocycles. The summed E-state index contributed by atoms with van der Waals surface area (Å²) in [5.41, 5.74) is 8.13. The van der Waals surface area contributed by atoms with Gasteiger partial charge in [0.1, 0.15) is 11.6 Å². The fourth-order valence-corrected chi connectivity index (χ4v) is 3.38. The number of carbonyl (C=O) groups is 1. The Morgan fingerprint density at radius 1 is 1.22 bits per heavy atom. The van der Waals surface area contributed by atoms with Crippen LogP contribution >= 0.6 is 0 Å². The van der Waals surface area contributed by atoms with Crippen molar-refractivity contribution in [3.8, 4) is 5.75 Å². The van der Waals surface area contributed by atoms with Crippen molar-refractivity contribution in [2.75, 3.05) is 20.7 Å². The van der Waals surface area contributed by atoms with Gasteiger partial charge in [-0.05, 0) is 61.2 Å². The van der Waals surface area contributed by atoms with Gasteiger partial charge in [0, 0.05) is 31.2 Å². The van der Waals surface area contributed by atoms with Gasteiger partial charge in [-0.3, -0.25) is 15.6 Å². The topological polar surface area (TPSA) is 53.6 Å². The number of rotatable bonds is 7. The first-order valence-electron chi connectivity index (χ1n) is 9.23. The molecular weight excluding hydrogens is 345 g/mol. The number of halogens is 1. The van der Waals surface area contributed by atoms with Crippen LogP contribution in [0.25, 0.3) is 0 Å². The van der Waals surface area contributed by atoms with Crippen molar-refractivity contribution in [2.24, 2.45) is 0 Å². The normalized spacial score (nSPS) is 19.1. The van der Waals surface area contributed by atoms with Gasteiger partial charge in [0.15, 0.2) is 0 Å². The predicted octanol–water partition coefficient (Wildman–Crippen LogP) is 3.29. The van der Waals surface area contributed by atoms with Gasteiger partial charge in [-0.1, -0.05) is 12.1 Å². The number of nitrogens with zero attached hydrogens (tertiary/aromatic N) is 1. The maximum absolute atomic E-state index is 13.4. The maximum Gasteiger partial charge on any atom is 0.253 e. The van der Waals surface area contributed by atoms with Crippen molar-refractivity contribution in [3.63, 3.8) is 0 Å². The van der Waals surface area contributed by atoms with Crippen LogP contribution < -0.4 is 15.6 Å². The molecule has 2 aromatic carbocycles. The smallest absolute Gasteiger partial charge is 0.253 e. The Kier molecular flexibility index (Phi) is 6.42. The van der Waals surface area contributed by atoms with Crippen LogP contribution in [0.5, 0.6) is 5.75 Å². The van der Waals surface area contributed by atoms with Crippen LogP contribution in [0.3, 0.4) is 0 Å². The summed E-state index contributed by atoms with van der Waals surface area (Å²) < 4.78 is 18.5. The Bertz CT molecular complexity index is 766. The van der Waals surface area contributed by atoms with Gasteiger partial charge in [-0.25, -0.2) is 4.39 Å². The van der Waals surface area contributed by atoms with Gasteiger partial charge in [0.2, 0.25) is 0 Å². The van der Waals surface area contributed by atoms with E-state index in [9.17, 15) is 9.18 Å². The Morgan fingerprint density at radius 3 is 2.70 bits per heavy atom. The molecule has 27 heavy (non-hydrogen) atoms. The summed E-state index contributed by atoms with van der Waals surface area (Å²) in [6, 6.07) is 14.3. The number of carbonyl (C=O) groups excluding carboxylic acids is 1. The highest BCUT2D eigenvalue weighted by atomic mass is 19.1. The Hall–Kier alpha value is -2.44. The molecule has 0 aliphatic carbocycles. The van der Waals surface area contributed by atoms with Crippen molar-refractivity contribution < 1.29 is 13.9 Å². The third-order valence-electron chi connectivity index (χ3n) is 4.96.